The van der Waals surface area contributed by atoms with Gasteiger partial charge >= 0.3 is 0 Å². The second-order valence-electron chi connectivity index (χ2n) is 7.76. The topological polar surface area (TPSA) is 44.8 Å². The van der Waals surface area contributed by atoms with Crippen molar-refractivity contribution in [3.05, 3.63) is 0 Å². The molecule has 0 aliphatic carbocycles. The van der Waals surface area contributed by atoms with E-state index in [0.29, 0.717) is 30.1 Å². The molecule has 3 rings (SSSR count). The summed E-state index contributed by atoms with van der Waals surface area (Å²) in [5.41, 5.74) is 0. The Labute approximate surface area is 140 Å². The number of rotatable bonds is 4. The van der Waals surface area contributed by atoms with Crippen LogP contribution in [0, 0.1) is 5.92 Å². The fourth-order valence-corrected chi connectivity index (χ4v) is 4.54. The van der Waals surface area contributed by atoms with Crippen LogP contribution in [0.4, 0.5) is 0 Å². The van der Waals surface area contributed by atoms with E-state index >= 15 is 0 Å². The van der Waals surface area contributed by atoms with Crippen molar-refractivity contribution in [3.63, 3.8) is 0 Å². The maximum absolute atomic E-state index is 12.8. The second-order valence-corrected chi connectivity index (χ2v) is 7.76. The smallest absolute Gasteiger partial charge is 0.223 e. The van der Waals surface area contributed by atoms with Crippen LogP contribution in [-0.2, 0) is 9.53 Å². The number of carbonyl (C=O) groups is 1. The van der Waals surface area contributed by atoms with Crippen LogP contribution in [0.1, 0.15) is 46.0 Å². The monoisotopic (exact) mass is 323 g/mol. The van der Waals surface area contributed by atoms with Gasteiger partial charge in [0, 0.05) is 38.6 Å². The third-order valence-electron chi connectivity index (χ3n) is 5.58. The van der Waals surface area contributed by atoms with Gasteiger partial charge in [-0.05, 0) is 58.5 Å². The van der Waals surface area contributed by atoms with Crippen LogP contribution >= 0.6 is 0 Å². The van der Waals surface area contributed by atoms with Crippen molar-refractivity contribution in [2.24, 2.45) is 5.92 Å². The van der Waals surface area contributed by atoms with Crippen LogP contribution in [-0.4, -0.2) is 73.2 Å². The van der Waals surface area contributed by atoms with Crippen LogP contribution in [0.25, 0.3) is 0 Å². The van der Waals surface area contributed by atoms with Crippen LogP contribution in [0.15, 0.2) is 0 Å². The molecule has 5 heteroatoms. The molecule has 0 unspecified atom stereocenters. The summed E-state index contributed by atoms with van der Waals surface area (Å²) in [6.45, 7) is 10.4. The molecule has 3 heterocycles. The highest BCUT2D eigenvalue weighted by molar-refractivity contribution is 5.77. The molecule has 3 atom stereocenters. The number of nitrogens with one attached hydrogen (secondary N) is 1. The zero-order chi connectivity index (χ0) is 16.2. The number of ether oxygens (including phenoxy) is 1. The van der Waals surface area contributed by atoms with Crippen LogP contribution < -0.4 is 5.32 Å². The largest absolute Gasteiger partial charge is 0.373 e. The van der Waals surface area contributed by atoms with Gasteiger partial charge in [0.05, 0.1) is 12.2 Å². The number of piperidine rings is 1. The first kappa shape index (κ1) is 17.2. The fraction of sp³-hybridized carbons (Fsp3) is 0.944. The molecule has 0 spiro atoms. The number of hydrogen-bond acceptors (Lipinski definition) is 4. The summed E-state index contributed by atoms with van der Waals surface area (Å²) in [5.74, 6) is 0.988. The highest BCUT2D eigenvalue weighted by atomic mass is 16.5. The maximum Gasteiger partial charge on any atom is 0.223 e. The molecule has 0 radical (unpaired) electrons. The van der Waals surface area contributed by atoms with E-state index in [1.807, 2.05) is 0 Å². The number of nitrogens with zero attached hydrogens (tertiary/aromatic N) is 2. The Bertz CT molecular complexity index is 388. The van der Waals surface area contributed by atoms with Gasteiger partial charge in [0.25, 0.3) is 0 Å². The highest BCUT2D eigenvalue weighted by Gasteiger charge is 2.33. The quantitative estimate of drug-likeness (QED) is 0.851. The normalized spacial score (nSPS) is 34.0. The Balaban J connectivity index is 1.51. The van der Waals surface area contributed by atoms with Gasteiger partial charge in [-0.1, -0.05) is 0 Å². The number of morpholine rings is 1. The summed E-state index contributed by atoms with van der Waals surface area (Å²) < 4.78 is 5.83. The highest BCUT2D eigenvalue weighted by Crippen LogP contribution is 2.24. The lowest BCUT2D eigenvalue weighted by molar-refractivity contribution is -0.134. The molecule has 3 saturated heterocycles. The molecule has 1 N–H and O–H groups in total. The minimum Gasteiger partial charge on any atom is -0.373 e. The van der Waals surface area contributed by atoms with Crippen molar-refractivity contribution in [1.82, 2.24) is 15.1 Å². The Kier molecular flexibility index (Phi) is 5.94. The van der Waals surface area contributed by atoms with Crippen molar-refractivity contribution in [1.29, 1.82) is 0 Å². The van der Waals surface area contributed by atoms with Gasteiger partial charge in [0.1, 0.15) is 0 Å². The molecule has 23 heavy (non-hydrogen) atoms. The summed E-state index contributed by atoms with van der Waals surface area (Å²) in [7, 11) is 0. The van der Waals surface area contributed by atoms with Gasteiger partial charge < -0.3 is 15.0 Å². The van der Waals surface area contributed by atoms with E-state index in [0.717, 1.165) is 71.4 Å². The molecule has 0 aromatic carbocycles. The lowest BCUT2D eigenvalue weighted by atomic mass is 9.94. The van der Waals surface area contributed by atoms with Gasteiger partial charge in [-0.15, -0.1) is 0 Å². The van der Waals surface area contributed by atoms with Crippen molar-refractivity contribution in [2.45, 2.75) is 64.2 Å². The predicted molar refractivity (Wildman–Crippen MR) is 91.4 cm³/mol. The molecule has 0 aromatic heterocycles. The minimum absolute atomic E-state index is 0.305. The van der Waals surface area contributed by atoms with Crippen molar-refractivity contribution >= 4 is 5.91 Å². The van der Waals surface area contributed by atoms with Crippen molar-refractivity contribution in [2.75, 3.05) is 39.3 Å². The van der Waals surface area contributed by atoms with E-state index in [2.05, 4.69) is 29.0 Å². The van der Waals surface area contributed by atoms with E-state index < -0.39 is 0 Å². The van der Waals surface area contributed by atoms with Crippen LogP contribution in [0.2, 0.25) is 0 Å². The van der Waals surface area contributed by atoms with E-state index in [4.69, 9.17) is 4.74 Å². The standard InChI is InChI=1S/C18H33N3O2/c1-14-11-20(12-15(2)23-14)13-17-4-3-9-21(17)18(22)10-16-5-7-19-8-6-16/h14-17,19H,3-13H2,1-2H3/t14-,15+,17-/m1/s1. The molecular formula is C18H33N3O2. The first-order chi connectivity index (χ1) is 11.1. The van der Waals surface area contributed by atoms with E-state index in [9.17, 15) is 4.79 Å². The lowest BCUT2D eigenvalue weighted by Crippen LogP contribution is -2.51. The third kappa shape index (κ3) is 4.68. The van der Waals surface area contributed by atoms with Crippen LogP contribution in [0.3, 0.4) is 0 Å². The number of carbonyl (C=O) groups excluding carboxylic acids is 1. The zero-order valence-electron chi connectivity index (χ0n) is 14.8. The molecule has 0 bridgehead atoms. The van der Waals surface area contributed by atoms with Crippen molar-refractivity contribution in [3.8, 4) is 0 Å². The third-order valence-corrected chi connectivity index (χ3v) is 5.58. The van der Waals surface area contributed by atoms with Crippen LogP contribution in [0.5, 0.6) is 0 Å². The first-order valence-electron chi connectivity index (χ1n) is 9.50. The summed E-state index contributed by atoms with van der Waals surface area (Å²) >= 11 is 0. The number of amides is 1. The molecule has 3 fully saturated rings. The van der Waals surface area contributed by atoms with Gasteiger partial charge in [-0.25, -0.2) is 0 Å². The Morgan fingerprint density at radius 2 is 1.83 bits per heavy atom. The first-order valence-corrected chi connectivity index (χ1v) is 9.50. The fourth-order valence-electron chi connectivity index (χ4n) is 4.54. The van der Waals surface area contributed by atoms with Gasteiger partial charge in [-0.2, -0.15) is 0 Å². The predicted octanol–water partition coefficient (Wildman–Crippen LogP) is 1.48. The molecule has 0 aromatic rings. The SMILES string of the molecule is C[C@@H]1CN(C[C@H]2CCCN2C(=O)CC2CCNCC2)C[C@H](C)O1. The number of likely N-dealkylation sites (tertiary alicyclic amines) is 1. The van der Waals surface area contributed by atoms with E-state index in [1.54, 1.807) is 0 Å². The lowest BCUT2D eigenvalue weighted by Gasteiger charge is -2.38. The average molecular weight is 323 g/mol. The average Bonchev–Trinajstić information content (AvgIpc) is 2.95. The van der Waals surface area contributed by atoms with E-state index in [1.165, 1.54) is 0 Å². The maximum atomic E-state index is 12.8. The Hall–Kier alpha value is -0.650. The zero-order valence-corrected chi connectivity index (χ0v) is 14.8. The molecule has 3 aliphatic rings. The summed E-state index contributed by atoms with van der Waals surface area (Å²) in [6.07, 6.45) is 6.01. The molecule has 5 nitrogen and oxygen atoms in total. The summed E-state index contributed by atoms with van der Waals surface area (Å²) in [4.78, 5) is 17.4. The summed E-state index contributed by atoms with van der Waals surface area (Å²) in [6, 6.07) is 0.418. The van der Waals surface area contributed by atoms with E-state index in [-0.39, 0.29) is 0 Å². The van der Waals surface area contributed by atoms with Gasteiger partial charge in [0.2, 0.25) is 5.91 Å². The molecule has 132 valence electrons. The molecule has 0 saturated carbocycles. The summed E-state index contributed by atoms with van der Waals surface area (Å²) in [5, 5.41) is 3.39. The Morgan fingerprint density at radius 3 is 2.52 bits per heavy atom. The molecule has 3 aliphatic heterocycles. The molecule has 1 amide bonds. The molecular weight excluding hydrogens is 290 g/mol. The van der Waals surface area contributed by atoms with Crippen molar-refractivity contribution < 1.29 is 9.53 Å². The minimum atomic E-state index is 0.305. The van der Waals surface area contributed by atoms with Gasteiger partial charge in [0.15, 0.2) is 0 Å². The number of hydrogen-bond donors (Lipinski definition) is 1. The second kappa shape index (κ2) is 7.95. The Morgan fingerprint density at radius 1 is 1.13 bits per heavy atom. The van der Waals surface area contributed by atoms with Gasteiger partial charge in [-0.3, -0.25) is 9.69 Å².